The van der Waals surface area contributed by atoms with Gasteiger partial charge in [0.1, 0.15) is 0 Å². The molecule has 0 unspecified atom stereocenters. The molecular weight excluding hydrogens is 358 g/mol. The Hall–Kier alpha value is -1.99. The third-order valence-corrected chi connectivity index (χ3v) is 3.40. The molecule has 0 aliphatic carbocycles. The molecule has 0 aromatic heterocycles. The molecule has 148 valence electrons. The zero-order valence-corrected chi connectivity index (χ0v) is 17.3. The maximum Gasteiger partial charge on any atom is 0.253 e. The van der Waals surface area contributed by atoms with Crippen LogP contribution in [0.2, 0.25) is 0 Å². The number of halogens is 1. The average Bonchev–Trinajstić information content (AvgIpc) is 2.50. The second-order valence-electron chi connectivity index (χ2n) is 7.63. The van der Waals surface area contributed by atoms with E-state index >= 15 is 0 Å². The molecule has 0 aliphatic heterocycles. The van der Waals surface area contributed by atoms with E-state index in [9.17, 15) is 9.59 Å². The average molecular weight is 388 g/mol. The third kappa shape index (κ3) is 6.72. The van der Waals surface area contributed by atoms with E-state index in [0.717, 1.165) is 0 Å². The van der Waals surface area contributed by atoms with Crippen LogP contribution >= 0.6 is 12.4 Å². The molecule has 0 heterocycles. The van der Waals surface area contributed by atoms with Crippen LogP contribution < -0.4 is 25.8 Å². The molecular formula is C18H30ClN3O4. The lowest BCUT2D eigenvalue weighted by Gasteiger charge is -2.22. The van der Waals surface area contributed by atoms with Crippen LogP contribution in [0.3, 0.4) is 0 Å². The van der Waals surface area contributed by atoms with Crippen molar-refractivity contribution < 1.29 is 19.1 Å². The number of carbonyl (C=O) groups excluding carboxylic acids is 2. The topological polar surface area (TPSA) is 103 Å². The van der Waals surface area contributed by atoms with E-state index in [0.29, 0.717) is 17.2 Å². The van der Waals surface area contributed by atoms with Gasteiger partial charge in [0.05, 0.1) is 25.5 Å². The highest BCUT2D eigenvalue weighted by atomic mass is 35.5. The van der Waals surface area contributed by atoms with Crippen LogP contribution in [0.15, 0.2) is 12.1 Å². The van der Waals surface area contributed by atoms with Gasteiger partial charge in [0.25, 0.3) is 5.91 Å². The first-order valence-electron chi connectivity index (χ1n) is 8.03. The van der Waals surface area contributed by atoms with Crippen molar-refractivity contribution in [1.29, 1.82) is 0 Å². The molecule has 0 radical (unpaired) electrons. The van der Waals surface area contributed by atoms with E-state index in [4.69, 9.17) is 15.2 Å². The standard InChI is InChI=1S/C18H29N3O4.ClH/c1-17(2,3)16(23)21-12-9-14(25-7)13(24-6)8-11(12)15(22)20-10-18(4,5)19;/h8-9H,10,19H2,1-7H3,(H,20,22)(H,21,23);1H. The maximum atomic E-state index is 12.6. The van der Waals surface area contributed by atoms with E-state index in [-0.39, 0.29) is 36.3 Å². The Bertz CT molecular complexity index is 649. The van der Waals surface area contributed by atoms with Gasteiger partial charge in [0.2, 0.25) is 5.91 Å². The molecule has 0 saturated heterocycles. The molecule has 1 rings (SSSR count). The normalized spacial score (nSPS) is 11.2. The number of ether oxygens (including phenoxy) is 2. The van der Waals surface area contributed by atoms with Gasteiger partial charge in [-0.2, -0.15) is 0 Å². The van der Waals surface area contributed by atoms with Crippen molar-refractivity contribution in [3.05, 3.63) is 17.7 Å². The molecule has 0 atom stereocenters. The SMILES string of the molecule is COc1cc(NC(=O)C(C)(C)C)c(C(=O)NCC(C)(C)N)cc1OC.Cl. The van der Waals surface area contributed by atoms with Gasteiger partial charge in [-0.05, 0) is 19.9 Å². The van der Waals surface area contributed by atoms with E-state index in [1.54, 1.807) is 26.8 Å². The summed E-state index contributed by atoms with van der Waals surface area (Å²) in [5.41, 5.74) is 5.37. The highest BCUT2D eigenvalue weighted by Crippen LogP contribution is 2.34. The lowest BCUT2D eigenvalue weighted by Crippen LogP contribution is -2.45. The van der Waals surface area contributed by atoms with Gasteiger partial charge in [0, 0.05) is 23.6 Å². The molecule has 0 aliphatic rings. The number of benzene rings is 1. The molecule has 0 bridgehead atoms. The van der Waals surface area contributed by atoms with Crippen molar-refractivity contribution >= 4 is 29.9 Å². The van der Waals surface area contributed by atoms with Crippen LogP contribution in [0.25, 0.3) is 0 Å². The van der Waals surface area contributed by atoms with E-state index in [1.807, 2.05) is 13.8 Å². The van der Waals surface area contributed by atoms with Crippen molar-refractivity contribution in [1.82, 2.24) is 5.32 Å². The summed E-state index contributed by atoms with van der Waals surface area (Å²) in [7, 11) is 2.97. The Balaban J connectivity index is 0.00000625. The Morgan fingerprint density at radius 2 is 1.54 bits per heavy atom. The van der Waals surface area contributed by atoms with Gasteiger partial charge in [-0.1, -0.05) is 20.8 Å². The Morgan fingerprint density at radius 3 is 1.96 bits per heavy atom. The molecule has 4 N–H and O–H groups in total. The van der Waals surface area contributed by atoms with Crippen molar-refractivity contribution in [2.45, 2.75) is 40.2 Å². The molecule has 2 amide bonds. The highest BCUT2D eigenvalue weighted by molar-refractivity contribution is 6.05. The zero-order chi connectivity index (χ0) is 19.4. The van der Waals surface area contributed by atoms with E-state index in [1.165, 1.54) is 20.3 Å². The monoisotopic (exact) mass is 387 g/mol. The minimum Gasteiger partial charge on any atom is -0.493 e. The third-order valence-electron chi connectivity index (χ3n) is 3.40. The molecule has 7 nitrogen and oxygen atoms in total. The zero-order valence-electron chi connectivity index (χ0n) is 16.5. The summed E-state index contributed by atoms with van der Waals surface area (Å²) in [6.45, 7) is 9.28. The first kappa shape index (κ1) is 24.0. The van der Waals surface area contributed by atoms with Crippen LogP contribution in [0.5, 0.6) is 11.5 Å². The van der Waals surface area contributed by atoms with Crippen LogP contribution in [0.1, 0.15) is 45.0 Å². The van der Waals surface area contributed by atoms with Crippen molar-refractivity contribution in [2.75, 3.05) is 26.1 Å². The summed E-state index contributed by atoms with van der Waals surface area (Å²) in [5.74, 6) is 0.243. The fourth-order valence-corrected chi connectivity index (χ4v) is 1.88. The quantitative estimate of drug-likeness (QED) is 0.696. The van der Waals surface area contributed by atoms with Crippen molar-refractivity contribution in [3.8, 4) is 11.5 Å². The molecule has 0 fully saturated rings. The fraction of sp³-hybridized carbons (Fsp3) is 0.556. The molecule has 0 saturated carbocycles. The number of carbonyl (C=O) groups is 2. The summed E-state index contributed by atoms with van der Waals surface area (Å²) in [6, 6.07) is 3.11. The Kier molecular flexibility index (Phi) is 8.40. The van der Waals surface area contributed by atoms with Crippen molar-refractivity contribution in [2.24, 2.45) is 11.1 Å². The number of amides is 2. The maximum absolute atomic E-state index is 12.6. The van der Waals surface area contributed by atoms with Crippen LogP contribution in [-0.2, 0) is 4.79 Å². The second-order valence-corrected chi connectivity index (χ2v) is 7.63. The van der Waals surface area contributed by atoms with Gasteiger partial charge < -0.3 is 25.8 Å². The summed E-state index contributed by atoms with van der Waals surface area (Å²) >= 11 is 0. The summed E-state index contributed by atoms with van der Waals surface area (Å²) in [5, 5.41) is 5.56. The number of rotatable bonds is 6. The van der Waals surface area contributed by atoms with Gasteiger partial charge in [0.15, 0.2) is 11.5 Å². The number of hydrogen-bond donors (Lipinski definition) is 3. The fourth-order valence-electron chi connectivity index (χ4n) is 1.88. The predicted molar refractivity (Wildman–Crippen MR) is 105 cm³/mol. The Morgan fingerprint density at radius 1 is 1.04 bits per heavy atom. The van der Waals surface area contributed by atoms with Crippen LogP contribution in [0, 0.1) is 5.41 Å². The largest absolute Gasteiger partial charge is 0.493 e. The Labute approximate surface area is 161 Å². The predicted octanol–water partition coefficient (Wildman–Crippen LogP) is 2.58. The highest BCUT2D eigenvalue weighted by Gasteiger charge is 2.25. The molecule has 1 aromatic carbocycles. The minimum atomic E-state index is -0.611. The van der Waals surface area contributed by atoms with Gasteiger partial charge >= 0.3 is 0 Å². The molecule has 26 heavy (non-hydrogen) atoms. The van der Waals surface area contributed by atoms with Gasteiger partial charge in [-0.15, -0.1) is 12.4 Å². The first-order chi connectivity index (χ1) is 11.4. The van der Waals surface area contributed by atoms with Gasteiger partial charge in [-0.25, -0.2) is 0 Å². The molecule has 8 heteroatoms. The van der Waals surface area contributed by atoms with Crippen LogP contribution in [-0.4, -0.2) is 38.1 Å². The number of anilines is 1. The lowest BCUT2D eigenvalue weighted by molar-refractivity contribution is -0.123. The lowest BCUT2D eigenvalue weighted by atomic mass is 9.95. The molecule has 0 spiro atoms. The summed E-state index contributed by atoms with van der Waals surface area (Å²) < 4.78 is 10.5. The summed E-state index contributed by atoms with van der Waals surface area (Å²) in [6.07, 6.45) is 0. The van der Waals surface area contributed by atoms with Crippen molar-refractivity contribution in [3.63, 3.8) is 0 Å². The number of nitrogens with two attached hydrogens (primary N) is 1. The summed E-state index contributed by atoms with van der Waals surface area (Å²) in [4.78, 5) is 24.9. The number of hydrogen-bond acceptors (Lipinski definition) is 5. The first-order valence-corrected chi connectivity index (χ1v) is 8.03. The second kappa shape index (κ2) is 9.09. The van der Waals surface area contributed by atoms with Crippen LogP contribution in [0.4, 0.5) is 5.69 Å². The van der Waals surface area contributed by atoms with Gasteiger partial charge in [-0.3, -0.25) is 9.59 Å². The van der Waals surface area contributed by atoms with E-state index in [2.05, 4.69) is 10.6 Å². The molecule has 1 aromatic rings. The van der Waals surface area contributed by atoms with E-state index < -0.39 is 11.0 Å². The smallest absolute Gasteiger partial charge is 0.253 e. The number of nitrogens with one attached hydrogen (secondary N) is 2. The number of methoxy groups -OCH3 is 2. The minimum absolute atomic E-state index is 0.